The van der Waals surface area contributed by atoms with Crippen molar-refractivity contribution >= 4 is 15.9 Å². The highest BCUT2D eigenvalue weighted by Gasteiger charge is 2.29. The van der Waals surface area contributed by atoms with E-state index in [4.69, 9.17) is 0 Å². The van der Waals surface area contributed by atoms with E-state index in [9.17, 15) is 14.6 Å². The van der Waals surface area contributed by atoms with Gasteiger partial charge in [-0.1, -0.05) is 12.1 Å². The summed E-state index contributed by atoms with van der Waals surface area (Å²) in [5, 5.41) is 18.8. The van der Waals surface area contributed by atoms with Crippen LogP contribution in [0.25, 0.3) is 0 Å². The monoisotopic (exact) mass is 289 g/mol. The van der Waals surface area contributed by atoms with Gasteiger partial charge in [-0.25, -0.2) is 4.39 Å². The molecule has 2 unspecified atom stereocenters. The van der Waals surface area contributed by atoms with E-state index in [2.05, 4.69) is 15.9 Å². The van der Waals surface area contributed by atoms with E-state index in [1.807, 2.05) is 11.0 Å². The first-order valence-electron chi connectivity index (χ1n) is 5.09. The number of hydrogen-bond donors (Lipinski definition) is 2. The number of likely N-dealkylation sites (tertiary alicyclic amines) is 1. The van der Waals surface area contributed by atoms with Crippen LogP contribution in [0, 0.1) is 5.82 Å². The van der Waals surface area contributed by atoms with Gasteiger partial charge in [-0.2, -0.15) is 0 Å². The molecule has 0 saturated carbocycles. The summed E-state index contributed by atoms with van der Waals surface area (Å²) < 4.78 is 13.7. The first-order valence-corrected chi connectivity index (χ1v) is 5.88. The maximum absolute atomic E-state index is 13.2. The molecule has 0 radical (unpaired) electrons. The van der Waals surface area contributed by atoms with Gasteiger partial charge in [-0.15, -0.1) is 0 Å². The molecule has 88 valence electrons. The quantitative estimate of drug-likeness (QED) is 0.858. The van der Waals surface area contributed by atoms with Crippen LogP contribution in [0.2, 0.25) is 0 Å². The molecule has 2 N–H and O–H groups in total. The smallest absolute Gasteiger partial charge is 0.137 e. The van der Waals surface area contributed by atoms with Gasteiger partial charge in [0.05, 0.1) is 16.7 Å². The number of aliphatic hydroxyl groups excluding tert-OH is 2. The van der Waals surface area contributed by atoms with Crippen molar-refractivity contribution in [3.05, 3.63) is 34.1 Å². The molecular formula is C11H13BrFNO2. The first kappa shape index (κ1) is 12.0. The van der Waals surface area contributed by atoms with Gasteiger partial charge in [-0.3, -0.25) is 4.90 Å². The van der Waals surface area contributed by atoms with Crippen molar-refractivity contribution in [2.45, 2.75) is 18.8 Å². The summed E-state index contributed by atoms with van der Waals surface area (Å²) in [4.78, 5) is 1.90. The molecule has 1 aliphatic heterocycles. The molecule has 0 aliphatic carbocycles. The minimum Gasteiger partial charge on any atom is -0.389 e. The molecule has 1 heterocycles. The molecule has 0 amide bonds. The molecule has 2 rings (SSSR count). The number of rotatable bonds is 2. The van der Waals surface area contributed by atoms with E-state index in [0.717, 1.165) is 5.56 Å². The normalized spacial score (nSPS) is 26.2. The van der Waals surface area contributed by atoms with Crippen molar-refractivity contribution in [2.75, 3.05) is 13.1 Å². The lowest BCUT2D eigenvalue weighted by molar-refractivity contribution is 0.0572. The van der Waals surface area contributed by atoms with Gasteiger partial charge in [0, 0.05) is 19.6 Å². The van der Waals surface area contributed by atoms with Crippen LogP contribution in [-0.4, -0.2) is 40.4 Å². The second kappa shape index (κ2) is 4.79. The molecule has 1 aromatic rings. The number of β-amino-alcohol motifs (C(OH)–C–C–N with tert-alkyl or cyclic N) is 2. The molecule has 2 atom stereocenters. The number of halogens is 2. The van der Waals surface area contributed by atoms with Gasteiger partial charge < -0.3 is 10.2 Å². The van der Waals surface area contributed by atoms with Crippen molar-refractivity contribution in [1.29, 1.82) is 0 Å². The molecule has 0 bridgehead atoms. The molecule has 1 saturated heterocycles. The fourth-order valence-corrected chi connectivity index (χ4v) is 2.28. The zero-order valence-electron chi connectivity index (χ0n) is 8.61. The molecule has 0 aromatic heterocycles. The van der Waals surface area contributed by atoms with E-state index in [0.29, 0.717) is 24.1 Å². The van der Waals surface area contributed by atoms with Crippen molar-refractivity contribution in [1.82, 2.24) is 4.90 Å². The van der Waals surface area contributed by atoms with Gasteiger partial charge in [0.25, 0.3) is 0 Å². The molecule has 16 heavy (non-hydrogen) atoms. The zero-order chi connectivity index (χ0) is 11.7. The lowest BCUT2D eigenvalue weighted by Crippen LogP contribution is -2.22. The summed E-state index contributed by atoms with van der Waals surface area (Å²) >= 11 is 3.19. The Labute approximate surface area is 102 Å². The van der Waals surface area contributed by atoms with E-state index >= 15 is 0 Å². The fourth-order valence-electron chi connectivity index (χ4n) is 1.89. The van der Waals surface area contributed by atoms with Gasteiger partial charge >= 0.3 is 0 Å². The second-order valence-corrected chi connectivity index (χ2v) is 4.83. The third kappa shape index (κ3) is 2.43. The average molecular weight is 290 g/mol. The third-order valence-corrected chi connectivity index (χ3v) is 3.65. The minimum absolute atomic E-state index is 0.294. The number of benzene rings is 1. The summed E-state index contributed by atoms with van der Waals surface area (Å²) in [7, 11) is 0. The van der Waals surface area contributed by atoms with Crippen molar-refractivity contribution in [2.24, 2.45) is 0 Å². The second-order valence-electron chi connectivity index (χ2n) is 4.04. The Morgan fingerprint density at radius 3 is 2.56 bits per heavy atom. The Morgan fingerprint density at radius 1 is 1.31 bits per heavy atom. The molecular weight excluding hydrogens is 277 g/mol. The Kier molecular flexibility index (Phi) is 3.59. The predicted octanol–water partition coefficient (Wildman–Crippen LogP) is 1.13. The van der Waals surface area contributed by atoms with Crippen LogP contribution in [-0.2, 0) is 6.54 Å². The lowest BCUT2D eigenvalue weighted by Gasteiger charge is -2.15. The van der Waals surface area contributed by atoms with Gasteiger partial charge in [0.2, 0.25) is 0 Å². The Hall–Kier alpha value is -0.490. The van der Waals surface area contributed by atoms with Crippen LogP contribution >= 0.6 is 15.9 Å². The maximum Gasteiger partial charge on any atom is 0.137 e. The topological polar surface area (TPSA) is 43.7 Å². The van der Waals surface area contributed by atoms with Gasteiger partial charge in [-0.05, 0) is 27.6 Å². The summed E-state index contributed by atoms with van der Waals surface area (Å²) in [6.07, 6.45) is -1.40. The number of aliphatic hydroxyl groups is 2. The summed E-state index contributed by atoms with van der Waals surface area (Å²) in [6, 6.07) is 4.86. The van der Waals surface area contributed by atoms with Crippen LogP contribution in [0.5, 0.6) is 0 Å². The van der Waals surface area contributed by atoms with Crippen LogP contribution in [0.15, 0.2) is 22.7 Å². The van der Waals surface area contributed by atoms with Gasteiger partial charge in [0.1, 0.15) is 5.82 Å². The van der Waals surface area contributed by atoms with Crippen molar-refractivity contribution < 1.29 is 14.6 Å². The molecule has 1 fully saturated rings. The van der Waals surface area contributed by atoms with Crippen LogP contribution in [0.1, 0.15) is 5.56 Å². The minimum atomic E-state index is -0.702. The summed E-state index contributed by atoms with van der Waals surface area (Å²) in [5.41, 5.74) is 0.821. The number of nitrogens with zero attached hydrogens (tertiary/aromatic N) is 1. The van der Waals surface area contributed by atoms with E-state index in [1.54, 1.807) is 6.07 Å². The average Bonchev–Trinajstić information content (AvgIpc) is 2.54. The highest BCUT2D eigenvalue weighted by Crippen LogP contribution is 2.23. The molecule has 0 spiro atoms. The van der Waals surface area contributed by atoms with E-state index < -0.39 is 12.2 Å². The van der Waals surface area contributed by atoms with Crippen LogP contribution in [0.4, 0.5) is 4.39 Å². The largest absolute Gasteiger partial charge is 0.389 e. The number of hydrogen-bond acceptors (Lipinski definition) is 3. The van der Waals surface area contributed by atoms with Crippen molar-refractivity contribution in [3.63, 3.8) is 0 Å². The predicted molar refractivity (Wildman–Crippen MR) is 61.4 cm³/mol. The maximum atomic E-state index is 13.2. The van der Waals surface area contributed by atoms with Crippen molar-refractivity contribution in [3.8, 4) is 0 Å². The first-order chi connectivity index (χ1) is 7.58. The molecule has 5 heteroatoms. The van der Waals surface area contributed by atoms with E-state index in [-0.39, 0.29) is 5.82 Å². The highest BCUT2D eigenvalue weighted by molar-refractivity contribution is 9.10. The Morgan fingerprint density at radius 2 is 1.94 bits per heavy atom. The van der Waals surface area contributed by atoms with E-state index in [1.165, 1.54) is 6.07 Å². The molecule has 1 aromatic carbocycles. The third-order valence-electron chi connectivity index (χ3n) is 2.76. The van der Waals surface area contributed by atoms with Crippen LogP contribution in [0.3, 0.4) is 0 Å². The lowest BCUT2D eigenvalue weighted by atomic mass is 10.2. The SMILES string of the molecule is OC1CN(Cc2cccc(F)c2Br)CC1O. The zero-order valence-corrected chi connectivity index (χ0v) is 10.2. The fraction of sp³-hybridized carbons (Fsp3) is 0.455. The van der Waals surface area contributed by atoms with Gasteiger partial charge in [0.15, 0.2) is 0 Å². The standard InChI is InChI=1S/C11H13BrFNO2/c12-11-7(2-1-3-8(11)13)4-14-5-9(15)10(16)6-14/h1-3,9-10,15-16H,4-6H2. The summed E-state index contributed by atoms with van der Waals surface area (Å²) in [5.74, 6) is -0.294. The Balaban J connectivity index is 2.08. The molecule has 1 aliphatic rings. The highest BCUT2D eigenvalue weighted by atomic mass is 79.9. The molecule has 3 nitrogen and oxygen atoms in total. The van der Waals surface area contributed by atoms with Crippen LogP contribution < -0.4 is 0 Å². The summed E-state index contributed by atoms with van der Waals surface area (Å²) in [6.45, 7) is 1.36. The Bertz CT molecular complexity index is 378.